The summed E-state index contributed by atoms with van der Waals surface area (Å²) in [7, 11) is 0. The molecule has 0 unspecified atom stereocenters. The van der Waals surface area contributed by atoms with Crippen molar-refractivity contribution in [3.05, 3.63) is 36.0 Å². The number of hydrogen-bond acceptors (Lipinski definition) is 4. The predicted octanol–water partition coefficient (Wildman–Crippen LogP) is 1.74. The summed E-state index contributed by atoms with van der Waals surface area (Å²) in [6.45, 7) is 2.98. The van der Waals surface area contributed by atoms with Gasteiger partial charge in [0.25, 0.3) is 5.91 Å². The molecule has 0 radical (unpaired) electrons. The van der Waals surface area contributed by atoms with E-state index >= 15 is 0 Å². The minimum Gasteiger partial charge on any atom is -0.456 e. The quantitative estimate of drug-likeness (QED) is 0.802. The number of carbonyl (C=O) groups is 2. The van der Waals surface area contributed by atoms with Crippen LogP contribution in [0.3, 0.4) is 0 Å². The van der Waals surface area contributed by atoms with Gasteiger partial charge in [0.05, 0.1) is 11.9 Å². The Bertz CT molecular complexity index is 671. The van der Waals surface area contributed by atoms with E-state index in [2.05, 4.69) is 20.8 Å². The zero-order valence-corrected chi connectivity index (χ0v) is 12.8. The first-order valence-corrected chi connectivity index (χ1v) is 7.54. The highest BCUT2D eigenvalue weighted by Crippen LogP contribution is 2.14. The first kappa shape index (κ1) is 15.1. The topological polar surface area (TPSA) is 103 Å². The molecule has 1 aliphatic rings. The van der Waals surface area contributed by atoms with Crippen LogP contribution in [0.4, 0.5) is 10.5 Å². The minimum absolute atomic E-state index is 0.0471. The Balaban J connectivity index is 1.46. The van der Waals surface area contributed by atoms with Crippen molar-refractivity contribution in [1.82, 2.24) is 20.4 Å². The van der Waals surface area contributed by atoms with Crippen LogP contribution in [-0.4, -0.2) is 46.2 Å². The van der Waals surface area contributed by atoms with Crippen LogP contribution in [0.5, 0.6) is 0 Å². The molecule has 0 aromatic carbocycles. The van der Waals surface area contributed by atoms with E-state index in [1.54, 1.807) is 36.4 Å². The van der Waals surface area contributed by atoms with Crippen molar-refractivity contribution >= 4 is 17.6 Å². The van der Waals surface area contributed by atoms with Gasteiger partial charge in [0.1, 0.15) is 5.76 Å². The number of hydrogen-bond donors (Lipinski definition) is 3. The highest BCUT2D eigenvalue weighted by atomic mass is 16.3. The smallest absolute Gasteiger partial charge is 0.321 e. The fraction of sp³-hybridized carbons (Fsp3) is 0.400. The second-order valence-electron chi connectivity index (χ2n) is 5.56. The molecule has 3 heterocycles. The van der Waals surface area contributed by atoms with E-state index in [0.717, 1.165) is 0 Å². The molecular formula is C15H19N5O3. The van der Waals surface area contributed by atoms with Gasteiger partial charge in [-0.3, -0.25) is 9.89 Å². The molecule has 23 heavy (non-hydrogen) atoms. The second-order valence-corrected chi connectivity index (χ2v) is 5.56. The highest BCUT2D eigenvalue weighted by molar-refractivity contribution is 5.92. The third kappa shape index (κ3) is 3.71. The number of amides is 3. The van der Waals surface area contributed by atoms with Crippen LogP contribution < -0.4 is 10.6 Å². The van der Waals surface area contributed by atoms with Crippen molar-refractivity contribution in [2.75, 3.05) is 18.4 Å². The van der Waals surface area contributed by atoms with Gasteiger partial charge >= 0.3 is 6.03 Å². The lowest BCUT2D eigenvalue weighted by Crippen LogP contribution is -2.47. The first-order chi connectivity index (χ1) is 11.1. The van der Waals surface area contributed by atoms with E-state index in [0.29, 0.717) is 43.1 Å². The lowest BCUT2D eigenvalue weighted by atomic mass is 10.1. The number of aryl methyl sites for hydroxylation is 1. The zero-order chi connectivity index (χ0) is 16.2. The second kappa shape index (κ2) is 6.55. The summed E-state index contributed by atoms with van der Waals surface area (Å²) >= 11 is 0. The molecule has 122 valence electrons. The average Bonchev–Trinajstić information content (AvgIpc) is 3.19. The number of urea groups is 1. The van der Waals surface area contributed by atoms with Crippen molar-refractivity contribution in [3.63, 3.8) is 0 Å². The van der Waals surface area contributed by atoms with E-state index in [1.165, 1.54) is 0 Å². The lowest BCUT2D eigenvalue weighted by Gasteiger charge is -2.32. The number of nitrogens with one attached hydrogen (secondary N) is 3. The summed E-state index contributed by atoms with van der Waals surface area (Å²) in [4.78, 5) is 25.9. The van der Waals surface area contributed by atoms with Crippen molar-refractivity contribution < 1.29 is 14.0 Å². The number of aromatic nitrogens is 2. The fourth-order valence-electron chi connectivity index (χ4n) is 2.56. The molecule has 0 spiro atoms. The van der Waals surface area contributed by atoms with Crippen LogP contribution in [0, 0.1) is 6.92 Å². The maximum Gasteiger partial charge on any atom is 0.321 e. The van der Waals surface area contributed by atoms with Crippen molar-refractivity contribution in [1.29, 1.82) is 0 Å². The van der Waals surface area contributed by atoms with Crippen molar-refractivity contribution in [3.8, 4) is 0 Å². The van der Waals surface area contributed by atoms with Gasteiger partial charge in [-0.25, -0.2) is 4.79 Å². The largest absolute Gasteiger partial charge is 0.456 e. The third-order valence-electron chi connectivity index (χ3n) is 3.83. The Kier molecular flexibility index (Phi) is 4.31. The normalized spacial score (nSPS) is 15.4. The molecule has 3 N–H and O–H groups in total. The molecule has 0 aliphatic carbocycles. The number of furan rings is 1. The van der Waals surface area contributed by atoms with Crippen LogP contribution in [-0.2, 0) is 0 Å². The molecule has 2 aromatic heterocycles. The van der Waals surface area contributed by atoms with Crippen LogP contribution in [0.1, 0.15) is 29.2 Å². The summed E-state index contributed by atoms with van der Waals surface area (Å²) in [6, 6.07) is 3.32. The summed E-state index contributed by atoms with van der Waals surface area (Å²) in [5.74, 6) is 0.822. The van der Waals surface area contributed by atoms with Crippen LogP contribution in [0.15, 0.2) is 28.9 Å². The van der Waals surface area contributed by atoms with Crippen molar-refractivity contribution in [2.24, 2.45) is 0 Å². The van der Waals surface area contributed by atoms with Gasteiger partial charge in [-0.2, -0.15) is 5.10 Å². The zero-order valence-electron chi connectivity index (χ0n) is 12.8. The van der Waals surface area contributed by atoms with Crippen molar-refractivity contribution in [2.45, 2.75) is 25.8 Å². The van der Waals surface area contributed by atoms with E-state index in [1.807, 2.05) is 0 Å². The monoisotopic (exact) mass is 317 g/mol. The number of H-pyrrole nitrogens is 1. The Hall–Kier alpha value is -2.77. The first-order valence-electron chi connectivity index (χ1n) is 7.54. The number of aromatic amines is 1. The number of nitrogens with zero attached hydrogens (tertiary/aromatic N) is 2. The van der Waals surface area contributed by atoms with Gasteiger partial charge in [-0.15, -0.1) is 0 Å². The van der Waals surface area contributed by atoms with E-state index in [9.17, 15) is 9.59 Å². The van der Waals surface area contributed by atoms with Gasteiger partial charge in [0.2, 0.25) is 0 Å². The number of likely N-dealkylation sites (tertiary alicyclic amines) is 1. The van der Waals surface area contributed by atoms with E-state index < -0.39 is 0 Å². The molecule has 0 bridgehead atoms. The molecule has 8 nitrogen and oxygen atoms in total. The number of anilines is 1. The molecule has 1 aliphatic heterocycles. The Labute approximate surface area is 133 Å². The molecule has 8 heteroatoms. The number of rotatable bonds is 3. The van der Waals surface area contributed by atoms with Crippen LogP contribution in [0.25, 0.3) is 0 Å². The molecule has 3 amide bonds. The summed E-state index contributed by atoms with van der Waals surface area (Å²) < 4.78 is 5.31. The summed E-state index contributed by atoms with van der Waals surface area (Å²) in [6.07, 6.45) is 4.60. The Morgan fingerprint density at radius 3 is 2.74 bits per heavy atom. The SMILES string of the molecule is Cc1ccc(C(=O)NC2CCN(C(=O)Nc3cn[nH]c3)CC2)o1. The van der Waals surface area contributed by atoms with E-state index in [-0.39, 0.29) is 18.0 Å². The van der Waals surface area contributed by atoms with E-state index in [4.69, 9.17) is 4.42 Å². The lowest BCUT2D eigenvalue weighted by molar-refractivity contribution is 0.0890. The number of piperidine rings is 1. The van der Waals surface area contributed by atoms with Gasteiger partial charge < -0.3 is 20.0 Å². The third-order valence-corrected chi connectivity index (χ3v) is 3.83. The summed E-state index contributed by atoms with van der Waals surface area (Å²) in [5.41, 5.74) is 0.638. The molecule has 0 atom stereocenters. The molecule has 0 saturated carbocycles. The minimum atomic E-state index is -0.209. The average molecular weight is 317 g/mol. The van der Waals surface area contributed by atoms with Gasteiger partial charge in [0, 0.05) is 25.3 Å². The number of carbonyl (C=O) groups excluding carboxylic acids is 2. The molecular weight excluding hydrogens is 298 g/mol. The molecule has 3 rings (SSSR count). The van der Waals surface area contributed by atoms with Crippen LogP contribution in [0.2, 0.25) is 0 Å². The van der Waals surface area contributed by atoms with Gasteiger partial charge in [-0.1, -0.05) is 0 Å². The predicted molar refractivity (Wildman–Crippen MR) is 83.1 cm³/mol. The molecule has 1 fully saturated rings. The maximum atomic E-state index is 12.1. The summed E-state index contributed by atoms with van der Waals surface area (Å²) in [5, 5.41) is 12.1. The van der Waals surface area contributed by atoms with Crippen LogP contribution >= 0.6 is 0 Å². The highest BCUT2D eigenvalue weighted by Gasteiger charge is 2.25. The molecule has 1 saturated heterocycles. The standard InChI is InChI=1S/C15H19N5O3/c1-10-2-3-13(23-10)14(21)18-11-4-6-20(7-5-11)15(22)19-12-8-16-17-9-12/h2-3,8-9,11H,4-7H2,1H3,(H,16,17)(H,18,21)(H,19,22). The van der Waals surface area contributed by atoms with Gasteiger partial charge in [-0.05, 0) is 31.9 Å². The maximum absolute atomic E-state index is 12.1. The van der Waals surface area contributed by atoms with Gasteiger partial charge in [0.15, 0.2) is 5.76 Å². The Morgan fingerprint density at radius 2 is 2.13 bits per heavy atom. The fourth-order valence-corrected chi connectivity index (χ4v) is 2.56. The molecule has 2 aromatic rings. The Morgan fingerprint density at radius 1 is 1.35 bits per heavy atom.